The molecule has 0 fully saturated rings. The van der Waals surface area contributed by atoms with Crippen molar-refractivity contribution < 1.29 is 14.3 Å². The summed E-state index contributed by atoms with van der Waals surface area (Å²) in [5, 5.41) is 3.01. The third-order valence-electron chi connectivity index (χ3n) is 5.69. The molecule has 184 valence electrons. The standard InChI is InChI=1S/C29H34N2O3S/c1-4-17-30-29(33)27(19-23-9-6-5-7-10-23)31(20-24-11-8-12-25(18-24)34-3)28(32)21-35-26-15-13-22(2)14-16-26/h5-16,18,27H,4,17,19-21H2,1-3H3,(H,30,33). The lowest BCUT2D eigenvalue weighted by Gasteiger charge is -2.31. The van der Waals surface area contributed by atoms with Crippen molar-refractivity contribution in [3.05, 3.63) is 95.6 Å². The fraction of sp³-hybridized carbons (Fsp3) is 0.310. The molecule has 0 radical (unpaired) electrons. The third-order valence-corrected chi connectivity index (χ3v) is 6.69. The number of amides is 2. The van der Waals surface area contributed by atoms with E-state index in [4.69, 9.17) is 4.74 Å². The van der Waals surface area contributed by atoms with Gasteiger partial charge in [-0.2, -0.15) is 0 Å². The maximum Gasteiger partial charge on any atom is 0.243 e. The van der Waals surface area contributed by atoms with Gasteiger partial charge in [-0.15, -0.1) is 11.8 Å². The molecule has 0 aliphatic heterocycles. The first kappa shape index (κ1) is 26.4. The fourth-order valence-corrected chi connectivity index (χ4v) is 4.53. The van der Waals surface area contributed by atoms with Crippen LogP contribution < -0.4 is 10.1 Å². The monoisotopic (exact) mass is 490 g/mol. The Bertz CT molecular complexity index is 1090. The molecule has 3 aromatic carbocycles. The number of rotatable bonds is 12. The van der Waals surface area contributed by atoms with Crippen molar-refractivity contribution in [2.45, 2.75) is 44.2 Å². The van der Waals surface area contributed by atoms with Gasteiger partial charge in [-0.1, -0.05) is 67.1 Å². The van der Waals surface area contributed by atoms with Crippen LogP contribution in [-0.4, -0.2) is 42.2 Å². The van der Waals surface area contributed by atoms with E-state index in [0.29, 0.717) is 19.5 Å². The van der Waals surface area contributed by atoms with E-state index in [0.717, 1.165) is 28.2 Å². The molecular weight excluding hydrogens is 456 g/mol. The first-order chi connectivity index (χ1) is 17.0. The number of methoxy groups -OCH3 is 1. The number of nitrogens with one attached hydrogen (secondary N) is 1. The molecule has 0 saturated heterocycles. The molecule has 0 aliphatic rings. The van der Waals surface area contributed by atoms with Crippen LogP contribution in [0.5, 0.6) is 5.75 Å². The van der Waals surface area contributed by atoms with Crippen molar-refractivity contribution in [3.8, 4) is 5.75 Å². The average Bonchev–Trinajstić information content (AvgIpc) is 2.89. The first-order valence-electron chi connectivity index (χ1n) is 11.9. The van der Waals surface area contributed by atoms with E-state index in [-0.39, 0.29) is 17.6 Å². The summed E-state index contributed by atoms with van der Waals surface area (Å²) in [6.07, 6.45) is 1.28. The Hall–Kier alpha value is -3.25. The Kier molecular flexibility index (Phi) is 10.2. The second-order valence-electron chi connectivity index (χ2n) is 8.47. The van der Waals surface area contributed by atoms with Gasteiger partial charge in [0, 0.05) is 24.4 Å². The Morgan fingerprint density at radius 1 is 0.971 bits per heavy atom. The maximum absolute atomic E-state index is 13.6. The molecule has 1 N–H and O–H groups in total. The van der Waals surface area contributed by atoms with Gasteiger partial charge in [-0.3, -0.25) is 9.59 Å². The Balaban J connectivity index is 1.89. The highest BCUT2D eigenvalue weighted by molar-refractivity contribution is 8.00. The van der Waals surface area contributed by atoms with E-state index in [1.165, 1.54) is 17.3 Å². The number of hydrogen-bond donors (Lipinski definition) is 1. The molecular formula is C29H34N2O3S. The van der Waals surface area contributed by atoms with Gasteiger partial charge in [0.15, 0.2) is 0 Å². The van der Waals surface area contributed by atoms with Crippen LogP contribution in [0.1, 0.15) is 30.0 Å². The number of aryl methyl sites for hydroxylation is 1. The second kappa shape index (κ2) is 13.6. The highest BCUT2D eigenvalue weighted by atomic mass is 32.2. The van der Waals surface area contributed by atoms with Gasteiger partial charge in [-0.25, -0.2) is 0 Å². The summed E-state index contributed by atoms with van der Waals surface area (Å²) in [5.41, 5.74) is 3.11. The van der Waals surface area contributed by atoms with E-state index in [1.54, 1.807) is 12.0 Å². The summed E-state index contributed by atoms with van der Waals surface area (Å²) in [6, 6.07) is 25.0. The minimum atomic E-state index is -0.624. The summed E-state index contributed by atoms with van der Waals surface area (Å²) in [6.45, 7) is 4.95. The topological polar surface area (TPSA) is 58.6 Å². The summed E-state index contributed by atoms with van der Waals surface area (Å²) in [5.74, 6) is 0.761. The quantitative estimate of drug-likeness (QED) is 0.352. The van der Waals surface area contributed by atoms with Crippen molar-refractivity contribution in [1.82, 2.24) is 10.2 Å². The third kappa shape index (κ3) is 8.18. The van der Waals surface area contributed by atoms with Gasteiger partial charge in [-0.05, 0) is 48.7 Å². The van der Waals surface area contributed by atoms with Gasteiger partial charge in [0.25, 0.3) is 0 Å². The van der Waals surface area contributed by atoms with Crippen molar-refractivity contribution in [1.29, 1.82) is 0 Å². The molecule has 3 rings (SSSR count). The minimum absolute atomic E-state index is 0.0778. The van der Waals surface area contributed by atoms with Crippen LogP contribution in [-0.2, 0) is 22.6 Å². The lowest BCUT2D eigenvalue weighted by Crippen LogP contribution is -2.51. The molecule has 3 aromatic rings. The zero-order chi connectivity index (χ0) is 25.0. The first-order valence-corrected chi connectivity index (χ1v) is 12.9. The maximum atomic E-state index is 13.6. The summed E-state index contributed by atoms with van der Waals surface area (Å²) >= 11 is 1.49. The highest BCUT2D eigenvalue weighted by Gasteiger charge is 2.30. The van der Waals surface area contributed by atoms with Gasteiger partial charge in [0.05, 0.1) is 12.9 Å². The smallest absolute Gasteiger partial charge is 0.243 e. The van der Waals surface area contributed by atoms with Crippen LogP contribution in [0.3, 0.4) is 0 Å². The largest absolute Gasteiger partial charge is 0.497 e. The zero-order valence-electron chi connectivity index (χ0n) is 20.7. The molecule has 1 atom stereocenters. The van der Waals surface area contributed by atoms with Gasteiger partial charge in [0.2, 0.25) is 11.8 Å². The Labute approximate surface area is 212 Å². The number of nitrogens with zero attached hydrogens (tertiary/aromatic N) is 1. The number of thioether (sulfide) groups is 1. The van der Waals surface area contributed by atoms with Crippen molar-refractivity contribution in [2.24, 2.45) is 0 Å². The van der Waals surface area contributed by atoms with E-state index >= 15 is 0 Å². The number of carbonyl (C=O) groups excluding carboxylic acids is 2. The van der Waals surface area contributed by atoms with Crippen molar-refractivity contribution in [2.75, 3.05) is 19.4 Å². The molecule has 0 aromatic heterocycles. The van der Waals surface area contributed by atoms with E-state index in [9.17, 15) is 9.59 Å². The lowest BCUT2D eigenvalue weighted by atomic mass is 10.0. The highest BCUT2D eigenvalue weighted by Crippen LogP contribution is 2.22. The molecule has 0 aliphatic carbocycles. The van der Waals surface area contributed by atoms with E-state index in [1.807, 2.05) is 92.7 Å². The average molecular weight is 491 g/mol. The van der Waals surface area contributed by atoms with Crippen LogP contribution in [0.4, 0.5) is 0 Å². The molecule has 5 nitrogen and oxygen atoms in total. The van der Waals surface area contributed by atoms with Crippen LogP contribution in [0.2, 0.25) is 0 Å². The number of hydrogen-bond acceptors (Lipinski definition) is 4. The normalized spacial score (nSPS) is 11.5. The molecule has 6 heteroatoms. The number of ether oxygens (including phenoxy) is 1. The molecule has 0 bridgehead atoms. The van der Waals surface area contributed by atoms with E-state index < -0.39 is 6.04 Å². The predicted octanol–water partition coefficient (Wildman–Crippen LogP) is 5.26. The van der Waals surface area contributed by atoms with Crippen molar-refractivity contribution >= 4 is 23.6 Å². The lowest BCUT2D eigenvalue weighted by molar-refractivity contribution is -0.139. The van der Waals surface area contributed by atoms with E-state index in [2.05, 4.69) is 5.32 Å². The Morgan fingerprint density at radius 3 is 2.37 bits per heavy atom. The van der Waals surface area contributed by atoms with Crippen molar-refractivity contribution in [3.63, 3.8) is 0 Å². The van der Waals surface area contributed by atoms with Crippen LogP contribution in [0.15, 0.2) is 83.8 Å². The summed E-state index contributed by atoms with van der Waals surface area (Å²) < 4.78 is 5.38. The number of carbonyl (C=O) groups is 2. The fourth-order valence-electron chi connectivity index (χ4n) is 3.75. The zero-order valence-corrected chi connectivity index (χ0v) is 21.5. The minimum Gasteiger partial charge on any atom is -0.497 e. The molecule has 0 saturated carbocycles. The van der Waals surface area contributed by atoms with Crippen LogP contribution in [0.25, 0.3) is 0 Å². The molecule has 0 heterocycles. The van der Waals surface area contributed by atoms with Crippen LogP contribution in [0, 0.1) is 6.92 Å². The summed E-state index contributed by atoms with van der Waals surface area (Å²) in [4.78, 5) is 29.7. The van der Waals surface area contributed by atoms with Gasteiger partial charge in [0.1, 0.15) is 11.8 Å². The molecule has 35 heavy (non-hydrogen) atoms. The Morgan fingerprint density at radius 2 is 1.69 bits per heavy atom. The second-order valence-corrected chi connectivity index (χ2v) is 9.52. The predicted molar refractivity (Wildman–Crippen MR) is 143 cm³/mol. The summed E-state index contributed by atoms with van der Waals surface area (Å²) in [7, 11) is 1.62. The van der Waals surface area contributed by atoms with Gasteiger partial charge >= 0.3 is 0 Å². The van der Waals surface area contributed by atoms with Gasteiger partial charge < -0.3 is 15.0 Å². The molecule has 2 amide bonds. The van der Waals surface area contributed by atoms with Crippen LogP contribution >= 0.6 is 11.8 Å². The molecule has 0 spiro atoms. The SMILES string of the molecule is CCCNC(=O)C(Cc1ccccc1)N(Cc1cccc(OC)c1)C(=O)CSc1ccc(C)cc1. The number of benzene rings is 3. The molecule has 1 unspecified atom stereocenters.